The zero-order chi connectivity index (χ0) is 69.9. The van der Waals surface area contributed by atoms with E-state index in [1.807, 2.05) is 23.1 Å². The molecule has 0 aliphatic carbocycles. The second-order valence-electron chi connectivity index (χ2n) is 26.3. The van der Waals surface area contributed by atoms with Gasteiger partial charge in [-0.05, 0) is 208 Å². The molecule has 6 aliphatic heterocycles. The number of carbonyl (C=O) groups is 3. The number of aromatic nitrogens is 9. The van der Waals surface area contributed by atoms with Gasteiger partial charge in [0.05, 0.1) is 36.4 Å². The van der Waals surface area contributed by atoms with E-state index in [1.54, 1.807) is 70.6 Å². The van der Waals surface area contributed by atoms with E-state index in [4.69, 9.17) is 46.4 Å². The smallest absolute Gasteiger partial charge is 0.251 e. The summed E-state index contributed by atoms with van der Waals surface area (Å²) in [6.45, 7) is 13.8. The van der Waals surface area contributed by atoms with Crippen LogP contribution in [0.3, 0.4) is 0 Å². The topological polar surface area (TPSA) is 299 Å². The summed E-state index contributed by atoms with van der Waals surface area (Å²) in [6.07, 6.45) is 15.0. The van der Waals surface area contributed by atoms with Crippen LogP contribution in [0.15, 0.2) is 117 Å². The number of amides is 3. The number of halogens is 3. The highest BCUT2D eigenvalue weighted by Crippen LogP contribution is 2.45. The Morgan fingerprint density at radius 3 is 1.06 bits per heavy atom. The first-order valence-corrected chi connectivity index (χ1v) is 39.0. The normalized spacial score (nSPS) is 16.9. The number of aliphatic hydroxyl groups excluding tert-OH is 2. The van der Waals surface area contributed by atoms with E-state index in [-0.39, 0.29) is 17.7 Å². The van der Waals surface area contributed by atoms with Crippen molar-refractivity contribution in [3.63, 3.8) is 0 Å². The molecule has 0 spiro atoms. The largest absolute Gasteiger partial charge is 0.493 e. The number of piperidine rings is 3. The molecule has 3 saturated heterocycles. The number of rotatable bonds is 17. The Balaban J connectivity index is 0.000000134. The number of fused-ring (bicyclic) bond motifs is 6. The summed E-state index contributed by atoms with van der Waals surface area (Å²) in [7, 11) is 0. The number of nitrogen functional groups attached to an aromatic ring is 3. The van der Waals surface area contributed by atoms with Crippen molar-refractivity contribution >= 4 is 151 Å². The third-order valence-electron chi connectivity index (χ3n) is 19.7. The third-order valence-corrected chi connectivity index (χ3v) is 25.6. The van der Waals surface area contributed by atoms with Crippen LogP contribution in [0.25, 0.3) is 33.1 Å². The van der Waals surface area contributed by atoms with Gasteiger partial charge in [-0.1, -0.05) is 35.3 Å². The van der Waals surface area contributed by atoms with Crippen LogP contribution in [0.2, 0.25) is 0 Å². The molecule has 100 heavy (non-hydrogen) atoms. The highest BCUT2D eigenvalue weighted by Gasteiger charge is 2.30. The highest BCUT2D eigenvalue weighted by molar-refractivity contribution is 9.11. The molecular formula is C71H82Br3N15O8S3. The van der Waals surface area contributed by atoms with Crippen molar-refractivity contribution in [2.45, 2.75) is 160 Å². The van der Waals surface area contributed by atoms with Gasteiger partial charge in [-0.25, -0.2) is 29.9 Å². The summed E-state index contributed by atoms with van der Waals surface area (Å²) in [5.74, 6) is 5.58. The molecule has 9 aromatic rings. The van der Waals surface area contributed by atoms with Gasteiger partial charge < -0.3 is 70.0 Å². The lowest BCUT2D eigenvalue weighted by atomic mass is 9.93. The fourth-order valence-electron chi connectivity index (χ4n) is 14.0. The van der Waals surface area contributed by atoms with Crippen molar-refractivity contribution in [2.75, 3.05) is 76.3 Å². The van der Waals surface area contributed by atoms with Gasteiger partial charge in [0.1, 0.15) is 46.0 Å². The average molecular weight is 1610 g/mol. The van der Waals surface area contributed by atoms with Crippen molar-refractivity contribution in [2.24, 2.45) is 17.8 Å². The molecule has 15 rings (SSSR count). The van der Waals surface area contributed by atoms with Gasteiger partial charge in [0.2, 0.25) is 5.91 Å². The first-order valence-electron chi connectivity index (χ1n) is 34.2. The van der Waals surface area contributed by atoms with Crippen LogP contribution < -0.4 is 31.4 Å². The maximum absolute atomic E-state index is 12.1. The van der Waals surface area contributed by atoms with Gasteiger partial charge in [0, 0.05) is 132 Å². The quantitative estimate of drug-likeness (QED) is 0.0566. The Morgan fingerprint density at radius 1 is 0.490 bits per heavy atom. The molecular weight excluding hydrogens is 1530 g/mol. The number of pyridine rings is 3. The summed E-state index contributed by atoms with van der Waals surface area (Å²) in [5, 5.41) is 21.8. The van der Waals surface area contributed by atoms with Crippen LogP contribution in [0.1, 0.15) is 95.2 Å². The van der Waals surface area contributed by atoms with Crippen molar-refractivity contribution in [3.8, 4) is 17.2 Å². The SMILES string of the molecule is CC(=O)N1CCC(CCn2c(Sc3cc4c(cc3Br)CCO4)nc3c(N)nccc32)CC1.C[C@@H](O)C(=O)N1CCC(CCn2c(Sc3cc4c(cc3Br)CCO4)nc3c(N)nccc32)CC1.C[C@H](O)C(=O)N1CCC(CCn2c(Sc3cc4c(cc3Br)CCO4)nc3c(N)nccc32)CC1. The molecule has 0 radical (unpaired) electrons. The molecule has 2 atom stereocenters. The lowest BCUT2D eigenvalue weighted by molar-refractivity contribution is -0.141. The number of likely N-dealkylation sites (tertiary alicyclic amines) is 3. The molecule has 8 N–H and O–H groups in total. The zero-order valence-corrected chi connectivity index (χ0v) is 63.3. The molecule has 528 valence electrons. The lowest BCUT2D eigenvalue weighted by Gasteiger charge is -2.32. The molecule has 6 aromatic heterocycles. The van der Waals surface area contributed by atoms with Crippen LogP contribution in [-0.2, 0) is 53.3 Å². The Labute approximate surface area is 618 Å². The number of imidazole rings is 3. The third kappa shape index (κ3) is 16.1. The first kappa shape index (κ1) is 71.5. The Hall–Kier alpha value is -6.86. The number of benzene rings is 3. The number of aliphatic hydroxyl groups is 2. The van der Waals surface area contributed by atoms with E-state index >= 15 is 0 Å². The predicted molar refractivity (Wildman–Crippen MR) is 399 cm³/mol. The maximum atomic E-state index is 12.1. The number of anilines is 3. The first-order chi connectivity index (χ1) is 48.3. The molecule has 6 aliphatic rings. The Morgan fingerprint density at radius 2 is 0.780 bits per heavy atom. The van der Waals surface area contributed by atoms with Crippen molar-refractivity contribution in [1.29, 1.82) is 0 Å². The zero-order valence-electron chi connectivity index (χ0n) is 56.1. The van der Waals surface area contributed by atoms with Gasteiger partial charge in [-0.15, -0.1) is 0 Å². The van der Waals surface area contributed by atoms with Crippen LogP contribution in [0, 0.1) is 17.8 Å². The van der Waals surface area contributed by atoms with E-state index in [9.17, 15) is 24.6 Å². The fraction of sp³-hybridized carbons (Fsp3) is 0.451. The minimum atomic E-state index is -0.934. The van der Waals surface area contributed by atoms with Gasteiger partial charge in [0.25, 0.3) is 11.8 Å². The molecule has 0 unspecified atom stereocenters. The van der Waals surface area contributed by atoms with E-state index in [1.165, 1.54) is 30.5 Å². The van der Waals surface area contributed by atoms with Crippen LogP contribution in [-0.4, -0.2) is 158 Å². The van der Waals surface area contributed by atoms with Crippen molar-refractivity contribution in [1.82, 2.24) is 58.3 Å². The van der Waals surface area contributed by atoms with E-state index in [2.05, 4.69) is 113 Å². The summed E-state index contributed by atoms with van der Waals surface area (Å²) >= 11 is 16.0. The van der Waals surface area contributed by atoms with Gasteiger partial charge in [-0.3, -0.25) is 14.4 Å². The highest BCUT2D eigenvalue weighted by atomic mass is 79.9. The number of nitrogens with zero attached hydrogens (tertiary/aromatic N) is 12. The van der Waals surface area contributed by atoms with E-state index in [0.717, 1.165) is 224 Å². The van der Waals surface area contributed by atoms with Crippen molar-refractivity contribution < 1.29 is 38.8 Å². The summed E-state index contributed by atoms with van der Waals surface area (Å²) < 4.78 is 27.1. The fourth-order valence-corrected chi connectivity index (χ4v) is 18.7. The minimum absolute atomic E-state index is 0.176. The van der Waals surface area contributed by atoms with Crippen molar-refractivity contribution in [3.05, 3.63) is 103 Å². The molecule has 0 saturated carbocycles. The number of aryl methyl sites for hydroxylation is 3. The minimum Gasteiger partial charge on any atom is -0.493 e. The monoisotopic (exact) mass is 1610 g/mol. The maximum Gasteiger partial charge on any atom is 0.251 e. The van der Waals surface area contributed by atoms with Crippen LogP contribution in [0.4, 0.5) is 17.5 Å². The second-order valence-corrected chi connectivity index (χ2v) is 31.9. The lowest BCUT2D eigenvalue weighted by Crippen LogP contribution is -2.43. The predicted octanol–water partition coefficient (Wildman–Crippen LogP) is 12.3. The number of ether oxygens (including phenoxy) is 3. The Bertz CT molecular complexity index is 4320. The average Bonchev–Trinajstić information content (AvgIpc) is 1.64. The van der Waals surface area contributed by atoms with E-state index in [0.29, 0.717) is 61.4 Å². The van der Waals surface area contributed by atoms with E-state index < -0.39 is 12.2 Å². The van der Waals surface area contributed by atoms with Crippen LogP contribution in [0.5, 0.6) is 17.2 Å². The molecule has 29 heteroatoms. The molecule has 23 nitrogen and oxygen atoms in total. The van der Waals surface area contributed by atoms with Crippen LogP contribution >= 0.6 is 83.1 Å². The van der Waals surface area contributed by atoms with Gasteiger partial charge >= 0.3 is 0 Å². The van der Waals surface area contributed by atoms with Gasteiger partial charge in [-0.2, -0.15) is 0 Å². The van der Waals surface area contributed by atoms with Gasteiger partial charge in [0.15, 0.2) is 32.9 Å². The molecule has 12 heterocycles. The number of hydrogen-bond donors (Lipinski definition) is 5. The number of hydrogen-bond acceptors (Lipinski definition) is 20. The molecule has 3 aromatic carbocycles. The molecule has 0 bridgehead atoms. The number of nitrogens with two attached hydrogens (primary N) is 3. The summed E-state index contributed by atoms with van der Waals surface area (Å²) in [6, 6.07) is 18.6. The summed E-state index contributed by atoms with van der Waals surface area (Å²) in [5.41, 5.74) is 27.3. The second kappa shape index (κ2) is 31.8. The molecule has 3 amide bonds. The Kier molecular flexibility index (Phi) is 22.7. The summed E-state index contributed by atoms with van der Waals surface area (Å²) in [4.78, 5) is 71.7. The molecule has 3 fully saturated rings. The number of carbonyl (C=O) groups excluding carboxylic acids is 3. The standard InChI is InChI=1S/2C24H28BrN5O3S.C23H26BrN5O2S/c2*1-14(31)23(32)29-8-3-15(4-9-29)5-10-30-18-2-7-27-22(26)21(18)28-24(30)34-20-13-19-16(6-11-33-19)12-17(20)25;1-14(30)28-8-3-15(4-9-28)5-10-29-18-2-7-26-22(25)21(18)27-23(29)32-20-13-19-16(6-11-31-19)12-17(20)24/h2*2,7,12-15,31H,3-6,8-11H2,1H3,(H2,26,27);2,7,12-13,15H,3-6,8-11H2,1H3,(H2,25,26)/t2*14-;/m10./s1.